The van der Waals surface area contributed by atoms with Gasteiger partial charge in [0.05, 0.1) is 23.8 Å². The molecule has 1 atom stereocenters. The predicted molar refractivity (Wildman–Crippen MR) is 89.5 cm³/mol. The Morgan fingerprint density at radius 2 is 1.86 bits per heavy atom. The largest absolute Gasteiger partial charge is 0.370 e. The van der Waals surface area contributed by atoms with Crippen LogP contribution in [0.2, 0.25) is 10.0 Å². The van der Waals surface area contributed by atoms with Crippen molar-refractivity contribution in [3.63, 3.8) is 0 Å². The first kappa shape index (κ1) is 18.4. The second-order valence-electron chi connectivity index (χ2n) is 4.84. The molecule has 22 heavy (non-hydrogen) atoms. The van der Waals surface area contributed by atoms with Crippen LogP contribution in [0.1, 0.15) is 10.4 Å². The van der Waals surface area contributed by atoms with Crippen molar-refractivity contribution in [2.24, 2.45) is 0 Å². The van der Waals surface area contributed by atoms with Gasteiger partial charge in [0.15, 0.2) is 0 Å². The fourth-order valence-electron chi connectivity index (χ4n) is 2.22. The maximum Gasteiger partial charge on any atom is 0.262 e. The van der Waals surface area contributed by atoms with Crippen LogP contribution in [0.3, 0.4) is 0 Å². The summed E-state index contributed by atoms with van der Waals surface area (Å²) in [6.45, 7) is 2.36. The van der Waals surface area contributed by atoms with Gasteiger partial charge < -0.3 is 9.64 Å². The fourth-order valence-corrected chi connectivity index (χ4v) is 3.34. The molecule has 4 nitrogen and oxygen atoms in total. The Kier molecular flexibility index (Phi) is 6.48. The van der Waals surface area contributed by atoms with Crippen LogP contribution in [0.15, 0.2) is 18.2 Å². The molecule has 1 heterocycles. The van der Waals surface area contributed by atoms with Crippen molar-refractivity contribution in [1.29, 1.82) is 0 Å². The summed E-state index contributed by atoms with van der Waals surface area (Å²) in [5.41, 5.74) is 0.276. The van der Waals surface area contributed by atoms with Crippen molar-refractivity contribution in [3.8, 4) is 0 Å². The zero-order valence-corrected chi connectivity index (χ0v) is 15.1. The van der Waals surface area contributed by atoms with E-state index in [1.807, 2.05) is 0 Å². The minimum atomic E-state index is -1.65. The SMILES string of the molecule is O=C(N[C@@H]([NH+]1CCOCC1)C(Cl)(Cl)Cl)c1ccc(Cl)cc1Cl. The Hall–Kier alpha value is 0.0600. The van der Waals surface area contributed by atoms with Crippen LogP contribution < -0.4 is 10.2 Å². The molecule has 0 spiro atoms. The number of hydrogen-bond donors (Lipinski definition) is 2. The number of morpholine rings is 1. The second-order valence-corrected chi connectivity index (χ2v) is 8.06. The molecule has 1 saturated heterocycles. The smallest absolute Gasteiger partial charge is 0.262 e. The number of amides is 1. The standard InChI is InChI=1S/C13H13Cl5N2O2/c14-8-1-2-9(10(15)7-8)11(21)19-12(13(16,17)18)20-3-5-22-6-4-20/h1-2,7,12H,3-6H2,(H,19,21)/p+1/t12-/m0/s1. The topological polar surface area (TPSA) is 42.8 Å². The molecule has 1 aliphatic rings. The van der Waals surface area contributed by atoms with Crippen LogP contribution in [0.4, 0.5) is 0 Å². The van der Waals surface area contributed by atoms with E-state index in [0.29, 0.717) is 31.3 Å². The van der Waals surface area contributed by atoms with E-state index in [1.165, 1.54) is 12.1 Å². The number of quaternary nitrogens is 1. The molecule has 122 valence electrons. The summed E-state index contributed by atoms with van der Waals surface area (Å²) in [6.07, 6.45) is -0.708. The Morgan fingerprint density at radius 3 is 2.41 bits per heavy atom. The predicted octanol–water partition coefficient (Wildman–Crippen LogP) is 2.33. The Labute approximate surface area is 153 Å². The number of benzene rings is 1. The lowest BCUT2D eigenvalue weighted by atomic mass is 10.2. The average Bonchev–Trinajstić information content (AvgIpc) is 2.44. The highest BCUT2D eigenvalue weighted by atomic mass is 35.6. The van der Waals surface area contributed by atoms with E-state index in [9.17, 15) is 4.79 Å². The van der Waals surface area contributed by atoms with Gasteiger partial charge in [-0.15, -0.1) is 0 Å². The van der Waals surface area contributed by atoms with Crippen LogP contribution in [-0.4, -0.2) is 42.2 Å². The van der Waals surface area contributed by atoms with Crippen molar-refractivity contribution in [1.82, 2.24) is 5.32 Å². The minimum absolute atomic E-state index is 0.241. The number of hydrogen-bond acceptors (Lipinski definition) is 2. The van der Waals surface area contributed by atoms with Gasteiger partial charge in [0.25, 0.3) is 9.70 Å². The van der Waals surface area contributed by atoms with E-state index in [1.54, 1.807) is 6.07 Å². The molecule has 0 aliphatic carbocycles. The van der Waals surface area contributed by atoms with Crippen LogP contribution in [0, 0.1) is 0 Å². The quantitative estimate of drug-likeness (QED) is 0.756. The number of carbonyl (C=O) groups is 1. The molecule has 1 amide bonds. The van der Waals surface area contributed by atoms with Crippen molar-refractivity contribution in [2.45, 2.75) is 9.96 Å². The molecular formula is C13H14Cl5N2O2+. The minimum Gasteiger partial charge on any atom is -0.370 e. The van der Waals surface area contributed by atoms with E-state index >= 15 is 0 Å². The van der Waals surface area contributed by atoms with Crippen LogP contribution in [0.25, 0.3) is 0 Å². The third-order valence-electron chi connectivity index (χ3n) is 3.32. The summed E-state index contributed by atoms with van der Waals surface area (Å²) in [7, 11) is 0. The van der Waals surface area contributed by atoms with E-state index in [2.05, 4.69) is 5.32 Å². The van der Waals surface area contributed by atoms with E-state index in [0.717, 1.165) is 4.90 Å². The summed E-state index contributed by atoms with van der Waals surface area (Å²) in [5.74, 6) is -0.419. The fraction of sp³-hybridized carbons (Fsp3) is 0.462. The monoisotopic (exact) mass is 405 g/mol. The summed E-state index contributed by atoms with van der Waals surface area (Å²) in [4.78, 5) is 13.4. The number of rotatable bonds is 3. The molecule has 9 heteroatoms. The van der Waals surface area contributed by atoms with Gasteiger partial charge in [0.2, 0.25) is 6.17 Å². The van der Waals surface area contributed by atoms with Gasteiger partial charge in [-0.25, -0.2) is 0 Å². The number of ether oxygens (including phenoxy) is 1. The Morgan fingerprint density at radius 1 is 1.23 bits per heavy atom. The third-order valence-corrected chi connectivity index (χ3v) is 4.52. The van der Waals surface area contributed by atoms with E-state index < -0.39 is 15.9 Å². The molecule has 1 fully saturated rings. The molecule has 0 bridgehead atoms. The zero-order chi connectivity index (χ0) is 16.3. The van der Waals surface area contributed by atoms with Gasteiger partial charge in [-0.3, -0.25) is 10.1 Å². The molecular weight excluding hydrogens is 393 g/mol. The van der Waals surface area contributed by atoms with Crippen LogP contribution >= 0.6 is 58.0 Å². The highest BCUT2D eigenvalue weighted by Gasteiger charge is 2.43. The van der Waals surface area contributed by atoms with Gasteiger partial charge >= 0.3 is 0 Å². The molecule has 2 rings (SSSR count). The number of alkyl halides is 3. The lowest BCUT2D eigenvalue weighted by Gasteiger charge is -2.35. The summed E-state index contributed by atoms with van der Waals surface area (Å²) >= 11 is 29.9. The molecule has 1 aromatic carbocycles. The third kappa shape index (κ3) is 4.78. The highest BCUT2D eigenvalue weighted by molar-refractivity contribution is 6.68. The van der Waals surface area contributed by atoms with Crippen molar-refractivity contribution in [2.75, 3.05) is 26.3 Å². The van der Waals surface area contributed by atoms with Crippen molar-refractivity contribution < 1.29 is 14.4 Å². The van der Waals surface area contributed by atoms with Gasteiger partial charge in [-0.05, 0) is 18.2 Å². The molecule has 0 saturated carbocycles. The van der Waals surface area contributed by atoms with Gasteiger partial charge in [0.1, 0.15) is 13.1 Å². The first-order valence-corrected chi connectivity index (χ1v) is 8.43. The molecule has 0 unspecified atom stereocenters. The first-order valence-electron chi connectivity index (χ1n) is 6.54. The van der Waals surface area contributed by atoms with E-state index in [-0.39, 0.29) is 10.6 Å². The van der Waals surface area contributed by atoms with Crippen LogP contribution in [-0.2, 0) is 4.74 Å². The van der Waals surface area contributed by atoms with Crippen molar-refractivity contribution in [3.05, 3.63) is 33.8 Å². The zero-order valence-electron chi connectivity index (χ0n) is 11.3. The summed E-state index contributed by atoms with van der Waals surface area (Å²) in [6, 6.07) is 4.60. The molecule has 1 aromatic rings. The number of halogens is 5. The van der Waals surface area contributed by atoms with E-state index in [4.69, 9.17) is 62.7 Å². The molecule has 0 radical (unpaired) electrons. The maximum absolute atomic E-state index is 12.4. The number of carbonyl (C=O) groups excluding carboxylic acids is 1. The van der Waals surface area contributed by atoms with Gasteiger partial charge in [-0.2, -0.15) is 0 Å². The molecule has 2 N–H and O–H groups in total. The van der Waals surface area contributed by atoms with Crippen molar-refractivity contribution >= 4 is 63.9 Å². The highest BCUT2D eigenvalue weighted by Crippen LogP contribution is 2.28. The first-order chi connectivity index (χ1) is 10.3. The summed E-state index contributed by atoms with van der Waals surface area (Å²) in [5, 5.41) is 3.43. The van der Waals surface area contributed by atoms with Gasteiger partial charge in [0, 0.05) is 5.02 Å². The number of nitrogens with one attached hydrogen (secondary N) is 2. The Bertz CT molecular complexity index is 544. The Balaban J connectivity index is 2.17. The second kappa shape index (κ2) is 7.75. The lowest BCUT2D eigenvalue weighted by molar-refractivity contribution is -0.934. The lowest BCUT2D eigenvalue weighted by Crippen LogP contribution is -3.21. The average molecular weight is 408 g/mol. The summed E-state index contributed by atoms with van der Waals surface area (Å²) < 4.78 is 3.63. The molecule has 1 aliphatic heterocycles. The van der Waals surface area contributed by atoms with Gasteiger partial charge in [-0.1, -0.05) is 58.0 Å². The maximum atomic E-state index is 12.4. The molecule has 0 aromatic heterocycles. The van der Waals surface area contributed by atoms with Crippen LogP contribution in [0.5, 0.6) is 0 Å². The normalized spacial score (nSPS) is 18.0.